The standard InChI is InChI=1S/C22H28N2O6/c1-3-28-14-29-21(23)19(13-15(2)22(26)24-27)20(25)16-9-11-18(12-10-16)30-17-7-5-4-6-8-17/h4-12,15,19,21,27H,3,13-14,23H2,1-2H3,(H,24,26). The van der Waals surface area contributed by atoms with Gasteiger partial charge >= 0.3 is 0 Å². The van der Waals surface area contributed by atoms with E-state index in [0.29, 0.717) is 23.7 Å². The van der Waals surface area contributed by atoms with Crippen LogP contribution in [0.5, 0.6) is 11.5 Å². The lowest BCUT2D eigenvalue weighted by atomic mass is 9.87. The van der Waals surface area contributed by atoms with E-state index in [-0.39, 0.29) is 19.0 Å². The number of nitrogens with one attached hydrogen (secondary N) is 1. The number of ketones is 1. The fraction of sp³-hybridized carbons (Fsp3) is 0.364. The van der Waals surface area contributed by atoms with Crippen LogP contribution in [0.15, 0.2) is 54.6 Å². The van der Waals surface area contributed by atoms with Gasteiger partial charge in [0.25, 0.3) is 0 Å². The molecule has 0 fully saturated rings. The van der Waals surface area contributed by atoms with Crippen LogP contribution in [0.4, 0.5) is 0 Å². The van der Waals surface area contributed by atoms with E-state index in [1.165, 1.54) is 0 Å². The summed E-state index contributed by atoms with van der Waals surface area (Å²) in [5.41, 5.74) is 8.08. The van der Waals surface area contributed by atoms with Crippen molar-refractivity contribution in [1.82, 2.24) is 5.48 Å². The molecule has 4 N–H and O–H groups in total. The fourth-order valence-electron chi connectivity index (χ4n) is 2.84. The van der Waals surface area contributed by atoms with Gasteiger partial charge in [0.05, 0.1) is 5.92 Å². The number of ether oxygens (including phenoxy) is 3. The smallest absolute Gasteiger partial charge is 0.246 e. The lowest BCUT2D eigenvalue weighted by molar-refractivity contribution is -0.134. The third-order valence-electron chi connectivity index (χ3n) is 4.56. The fourth-order valence-corrected chi connectivity index (χ4v) is 2.84. The number of carbonyl (C=O) groups is 2. The van der Waals surface area contributed by atoms with Crippen molar-refractivity contribution in [2.24, 2.45) is 17.6 Å². The summed E-state index contributed by atoms with van der Waals surface area (Å²) in [6, 6.07) is 15.9. The Morgan fingerprint density at radius 2 is 1.70 bits per heavy atom. The van der Waals surface area contributed by atoms with Crippen molar-refractivity contribution in [3.8, 4) is 11.5 Å². The molecule has 0 heterocycles. The molecule has 2 aromatic carbocycles. The van der Waals surface area contributed by atoms with Gasteiger partial charge in [0.2, 0.25) is 5.91 Å². The van der Waals surface area contributed by atoms with Crippen LogP contribution in [0.2, 0.25) is 0 Å². The molecule has 2 rings (SSSR count). The minimum absolute atomic E-state index is 0.0636. The summed E-state index contributed by atoms with van der Waals surface area (Å²) in [5, 5.41) is 8.86. The van der Waals surface area contributed by atoms with E-state index in [4.69, 9.17) is 25.2 Å². The number of hydrogen-bond donors (Lipinski definition) is 3. The van der Waals surface area contributed by atoms with Gasteiger partial charge in [0.15, 0.2) is 5.78 Å². The minimum atomic E-state index is -0.974. The average molecular weight is 416 g/mol. The number of para-hydroxylation sites is 1. The SMILES string of the molecule is CCOCOC(N)C(CC(C)C(=O)NO)C(=O)c1ccc(Oc2ccccc2)cc1. The van der Waals surface area contributed by atoms with Crippen LogP contribution in [0.1, 0.15) is 30.6 Å². The maximum atomic E-state index is 13.1. The number of hydroxylamine groups is 1. The van der Waals surface area contributed by atoms with Gasteiger partial charge in [-0.2, -0.15) is 0 Å². The summed E-state index contributed by atoms with van der Waals surface area (Å²) in [6.45, 7) is 3.78. The lowest BCUT2D eigenvalue weighted by Gasteiger charge is -2.25. The Balaban J connectivity index is 2.13. The van der Waals surface area contributed by atoms with Crippen molar-refractivity contribution < 1.29 is 29.0 Å². The minimum Gasteiger partial charge on any atom is -0.457 e. The first-order valence-electron chi connectivity index (χ1n) is 9.72. The number of rotatable bonds is 12. The van der Waals surface area contributed by atoms with Gasteiger partial charge in [0.1, 0.15) is 24.5 Å². The van der Waals surface area contributed by atoms with E-state index in [1.807, 2.05) is 37.3 Å². The zero-order valence-electron chi connectivity index (χ0n) is 17.1. The summed E-state index contributed by atoms with van der Waals surface area (Å²) in [4.78, 5) is 24.8. The molecule has 30 heavy (non-hydrogen) atoms. The van der Waals surface area contributed by atoms with Gasteiger partial charge in [-0.1, -0.05) is 25.1 Å². The molecule has 3 atom stereocenters. The Hall–Kier alpha value is -2.78. The first kappa shape index (κ1) is 23.5. The molecule has 0 aliphatic carbocycles. The summed E-state index contributed by atoms with van der Waals surface area (Å²) >= 11 is 0. The van der Waals surface area contributed by atoms with E-state index in [9.17, 15) is 9.59 Å². The molecule has 3 unspecified atom stereocenters. The maximum absolute atomic E-state index is 13.1. The van der Waals surface area contributed by atoms with Crippen LogP contribution in [0, 0.1) is 11.8 Å². The van der Waals surface area contributed by atoms with Gasteiger partial charge in [-0.15, -0.1) is 0 Å². The molecule has 8 nitrogen and oxygen atoms in total. The van der Waals surface area contributed by atoms with Crippen LogP contribution in [0.3, 0.4) is 0 Å². The van der Waals surface area contributed by atoms with Crippen molar-refractivity contribution in [2.75, 3.05) is 13.4 Å². The lowest BCUT2D eigenvalue weighted by Crippen LogP contribution is -2.41. The molecule has 8 heteroatoms. The monoisotopic (exact) mass is 416 g/mol. The van der Waals surface area contributed by atoms with Crippen molar-refractivity contribution in [3.05, 3.63) is 60.2 Å². The second-order valence-corrected chi connectivity index (χ2v) is 6.76. The van der Waals surface area contributed by atoms with Gasteiger partial charge in [-0.3, -0.25) is 14.8 Å². The second-order valence-electron chi connectivity index (χ2n) is 6.76. The molecule has 0 saturated carbocycles. The Labute approximate surface area is 175 Å². The average Bonchev–Trinajstić information content (AvgIpc) is 2.77. The largest absolute Gasteiger partial charge is 0.457 e. The van der Waals surface area contributed by atoms with E-state index in [2.05, 4.69) is 0 Å². The molecule has 0 aliphatic heterocycles. The Morgan fingerprint density at radius 3 is 2.30 bits per heavy atom. The van der Waals surface area contributed by atoms with Crippen LogP contribution in [-0.4, -0.2) is 36.5 Å². The van der Waals surface area contributed by atoms with Gasteiger partial charge in [-0.05, 0) is 49.7 Å². The molecule has 1 amide bonds. The van der Waals surface area contributed by atoms with E-state index in [1.54, 1.807) is 36.7 Å². The summed E-state index contributed by atoms with van der Waals surface area (Å²) in [5.74, 6) is -1.06. The van der Waals surface area contributed by atoms with Crippen LogP contribution in [-0.2, 0) is 14.3 Å². The van der Waals surface area contributed by atoms with Crippen molar-refractivity contribution >= 4 is 11.7 Å². The third-order valence-corrected chi connectivity index (χ3v) is 4.56. The van der Waals surface area contributed by atoms with E-state index >= 15 is 0 Å². The van der Waals surface area contributed by atoms with Crippen LogP contribution >= 0.6 is 0 Å². The Kier molecular flexibility index (Phi) is 9.43. The molecule has 0 saturated heterocycles. The number of amides is 1. The quantitative estimate of drug-likeness (QED) is 0.160. The number of benzene rings is 2. The highest BCUT2D eigenvalue weighted by atomic mass is 16.7. The summed E-state index contributed by atoms with van der Waals surface area (Å²) < 4.78 is 16.3. The van der Waals surface area contributed by atoms with E-state index in [0.717, 1.165) is 0 Å². The number of Topliss-reactive ketones (excluding diaryl/α,β-unsaturated/α-hetero) is 1. The molecule has 0 aromatic heterocycles. The van der Waals surface area contributed by atoms with Gasteiger partial charge in [0, 0.05) is 18.1 Å². The topological polar surface area (TPSA) is 120 Å². The molecular weight excluding hydrogens is 388 g/mol. The summed E-state index contributed by atoms with van der Waals surface area (Å²) in [6.07, 6.45) is -0.876. The van der Waals surface area contributed by atoms with Crippen LogP contribution < -0.4 is 16.0 Å². The number of nitrogens with two attached hydrogens (primary N) is 1. The Morgan fingerprint density at radius 1 is 1.07 bits per heavy atom. The Bertz CT molecular complexity index is 797. The van der Waals surface area contributed by atoms with Gasteiger partial charge in [-0.25, -0.2) is 5.48 Å². The highest BCUT2D eigenvalue weighted by Gasteiger charge is 2.31. The molecule has 0 spiro atoms. The maximum Gasteiger partial charge on any atom is 0.246 e. The first-order valence-corrected chi connectivity index (χ1v) is 9.72. The molecule has 0 aliphatic rings. The second kappa shape index (κ2) is 12.0. The molecular formula is C22H28N2O6. The van der Waals surface area contributed by atoms with Crippen molar-refractivity contribution in [2.45, 2.75) is 26.5 Å². The first-order chi connectivity index (χ1) is 14.5. The zero-order valence-corrected chi connectivity index (χ0v) is 17.1. The van der Waals surface area contributed by atoms with Crippen molar-refractivity contribution in [1.29, 1.82) is 0 Å². The van der Waals surface area contributed by atoms with Crippen LogP contribution in [0.25, 0.3) is 0 Å². The third kappa shape index (κ3) is 6.93. The summed E-state index contributed by atoms with van der Waals surface area (Å²) in [7, 11) is 0. The molecule has 0 radical (unpaired) electrons. The molecule has 2 aromatic rings. The predicted molar refractivity (Wildman–Crippen MR) is 110 cm³/mol. The van der Waals surface area contributed by atoms with E-state index < -0.39 is 24.0 Å². The normalized spacial score (nSPS) is 13.9. The number of carbonyl (C=O) groups excluding carboxylic acids is 2. The molecule has 162 valence electrons. The van der Waals surface area contributed by atoms with Crippen molar-refractivity contribution in [3.63, 3.8) is 0 Å². The highest BCUT2D eigenvalue weighted by Crippen LogP contribution is 2.25. The molecule has 0 bridgehead atoms. The highest BCUT2D eigenvalue weighted by molar-refractivity contribution is 5.98. The van der Waals surface area contributed by atoms with Gasteiger partial charge < -0.3 is 19.9 Å². The number of hydrogen-bond acceptors (Lipinski definition) is 7. The zero-order chi connectivity index (χ0) is 21.9. The predicted octanol–water partition coefficient (Wildman–Crippen LogP) is 3.10.